The zero-order valence-corrected chi connectivity index (χ0v) is 16.7. The van der Waals surface area contributed by atoms with Gasteiger partial charge in [0.2, 0.25) is 0 Å². The van der Waals surface area contributed by atoms with E-state index in [9.17, 15) is 9.59 Å². The highest BCUT2D eigenvalue weighted by atomic mass is 35.5. The number of esters is 1. The summed E-state index contributed by atoms with van der Waals surface area (Å²) in [6, 6.07) is 9.52. The van der Waals surface area contributed by atoms with E-state index in [4.69, 9.17) is 27.9 Å². The maximum absolute atomic E-state index is 11.9. The van der Waals surface area contributed by atoms with E-state index in [-0.39, 0.29) is 28.3 Å². The predicted octanol–water partition coefficient (Wildman–Crippen LogP) is 3.50. The largest absolute Gasteiger partial charge is 0.452 e. The van der Waals surface area contributed by atoms with Crippen molar-refractivity contribution in [2.24, 2.45) is 0 Å². The number of amides is 1. The van der Waals surface area contributed by atoms with Crippen LogP contribution < -0.4 is 10.2 Å². The van der Waals surface area contributed by atoms with Crippen LogP contribution in [0.2, 0.25) is 10.2 Å². The van der Waals surface area contributed by atoms with Crippen LogP contribution in [0.25, 0.3) is 0 Å². The number of likely N-dealkylation sites (N-methyl/N-ethyl adjacent to an activating group) is 1. The molecular formula is C19H21Cl2N3O3. The van der Waals surface area contributed by atoms with Gasteiger partial charge in [-0.3, -0.25) is 4.79 Å². The Kier molecular flexibility index (Phi) is 7.88. The quantitative estimate of drug-likeness (QED) is 0.533. The zero-order chi connectivity index (χ0) is 19.8. The van der Waals surface area contributed by atoms with Crippen molar-refractivity contribution in [1.82, 2.24) is 10.3 Å². The lowest BCUT2D eigenvalue weighted by Crippen LogP contribution is -2.36. The van der Waals surface area contributed by atoms with Crippen LogP contribution in [0.15, 0.2) is 36.5 Å². The minimum absolute atomic E-state index is 0.0973. The SMILES string of the molecule is CCN(CCNC(=O)COC(=O)c1cnc(Cl)c(Cl)c1)c1cccc(C)c1. The maximum atomic E-state index is 11.9. The van der Waals surface area contributed by atoms with Crippen LogP contribution in [0.5, 0.6) is 0 Å². The number of hydrogen-bond donors (Lipinski definition) is 1. The molecule has 1 aromatic carbocycles. The standard InChI is InChI=1S/C19H21Cl2N3O3/c1-3-24(15-6-4-5-13(2)9-15)8-7-22-17(25)12-27-19(26)14-10-16(20)18(21)23-11-14/h4-6,9-11H,3,7-8,12H2,1-2H3,(H,22,25). The van der Waals surface area contributed by atoms with Gasteiger partial charge in [-0.15, -0.1) is 0 Å². The maximum Gasteiger partial charge on any atom is 0.340 e. The number of pyridine rings is 1. The van der Waals surface area contributed by atoms with Gasteiger partial charge in [-0.2, -0.15) is 0 Å². The summed E-state index contributed by atoms with van der Waals surface area (Å²) in [6.45, 7) is 5.62. The van der Waals surface area contributed by atoms with Crippen molar-refractivity contribution in [3.63, 3.8) is 0 Å². The molecule has 27 heavy (non-hydrogen) atoms. The van der Waals surface area contributed by atoms with Gasteiger partial charge in [0.15, 0.2) is 6.61 Å². The molecule has 0 atom stereocenters. The van der Waals surface area contributed by atoms with Crippen molar-refractivity contribution < 1.29 is 14.3 Å². The normalized spacial score (nSPS) is 10.4. The van der Waals surface area contributed by atoms with E-state index in [0.29, 0.717) is 13.1 Å². The molecule has 0 unspecified atom stereocenters. The van der Waals surface area contributed by atoms with Crippen molar-refractivity contribution in [1.29, 1.82) is 0 Å². The molecule has 0 aliphatic rings. The Labute approximate surface area is 168 Å². The van der Waals surface area contributed by atoms with Crippen molar-refractivity contribution in [3.8, 4) is 0 Å². The molecule has 0 saturated carbocycles. The van der Waals surface area contributed by atoms with Gasteiger partial charge in [-0.05, 0) is 37.6 Å². The number of hydrogen-bond acceptors (Lipinski definition) is 5. The van der Waals surface area contributed by atoms with E-state index in [1.165, 1.54) is 17.8 Å². The first-order valence-electron chi connectivity index (χ1n) is 8.47. The second-order valence-corrected chi connectivity index (χ2v) is 6.61. The Morgan fingerprint density at radius 3 is 2.70 bits per heavy atom. The monoisotopic (exact) mass is 409 g/mol. The highest BCUT2D eigenvalue weighted by molar-refractivity contribution is 6.41. The number of carbonyl (C=O) groups excluding carboxylic acids is 2. The minimum Gasteiger partial charge on any atom is -0.452 e. The van der Waals surface area contributed by atoms with Gasteiger partial charge >= 0.3 is 5.97 Å². The summed E-state index contributed by atoms with van der Waals surface area (Å²) >= 11 is 11.5. The molecule has 6 nitrogen and oxygen atoms in total. The Morgan fingerprint density at radius 2 is 2.04 bits per heavy atom. The third-order valence-corrected chi connectivity index (χ3v) is 4.50. The lowest BCUT2D eigenvalue weighted by atomic mass is 10.2. The number of halogens is 2. The van der Waals surface area contributed by atoms with Crippen LogP contribution in [0.3, 0.4) is 0 Å². The second kappa shape index (κ2) is 10.1. The fourth-order valence-electron chi connectivity index (χ4n) is 2.42. The van der Waals surface area contributed by atoms with Crippen LogP contribution in [0.4, 0.5) is 5.69 Å². The van der Waals surface area contributed by atoms with E-state index in [1.807, 2.05) is 25.1 Å². The molecule has 0 bridgehead atoms. The van der Waals surface area contributed by atoms with Crippen LogP contribution in [0.1, 0.15) is 22.8 Å². The summed E-state index contributed by atoms with van der Waals surface area (Å²) in [6.07, 6.45) is 1.25. The molecule has 1 aromatic heterocycles. The number of aryl methyl sites for hydroxylation is 1. The van der Waals surface area contributed by atoms with Crippen LogP contribution in [0, 0.1) is 6.92 Å². The van der Waals surface area contributed by atoms with E-state index in [0.717, 1.165) is 12.2 Å². The summed E-state index contributed by atoms with van der Waals surface area (Å²) in [5, 5.41) is 2.98. The van der Waals surface area contributed by atoms with Gasteiger partial charge in [0, 0.05) is 31.5 Å². The highest BCUT2D eigenvalue weighted by Crippen LogP contribution is 2.20. The van der Waals surface area contributed by atoms with Crippen LogP contribution in [-0.4, -0.2) is 43.1 Å². The summed E-state index contributed by atoms with van der Waals surface area (Å²) in [4.78, 5) is 29.7. The first-order chi connectivity index (χ1) is 12.9. The number of aromatic nitrogens is 1. The zero-order valence-electron chi connectivity index (χ0n) is 15.2. The van der Waals surface area contributed by atoms with E-state index >= 15 is 0 Å². The van der Waals surface area contributed by atoms with E-state index in [1.54, 1.807) is 0 Å². The number of ether oxygens (including phenoxy) is 1. The Hall–Kier alpha value is -2.31. The molecule has 144 valence electrons. The number of benzene rings is 1. The summed E-state index contributed by atoms with van der Waals surface area (Å²) in [7, 11) is 0. The lowest BCUT2D eigenvalue weighted by molar-refractivity contribution is -0.124. The number of nitrogens with zero attached hydrogens (tertiary/aromatic N) is 2. The van der Waals surface area contributed by atoms with Gasteiger partial charge < -0.3 is 15.0 Å². The fraction of sp³-hybridized carbons (Fsp3) is 0.316. The smallest absolute Gasteiger partial charge is 0.340 e. The average molecular weight is 410 g/mol. The van der Waals surface area contributed by atoms with Crippen molar-refractivity contribution in [2.45, 2.75) is 13.8 Å². The molecule has 1 N–H and O–H groups in total. The predicted molar refractivity (Wildman–Crippen MR) is 107 cm³/mol. The molecule has 2 rings (SSSR count). The van der Waals surface area contributed by atoms with Gasteiger partial charge in [0.1, 0.15) is 5.15 Å². The minimum atomic E-state index is -0.689. The molecule has 0 saturated heterocycles. The molecule has 8 heteroatoms. The van der Waals surface area contributed by atoms with Crippen LogP contribution >= 0.6 is 23.2 Å². The molecule has 0 radical (unpaired) electrons. The molecule has 1 amide bonds. The molecule has 0 aliphatic carbocycles. The molecule has 0 fully saturated rings. The highest BCUT2D eigenvalue weighted by Gasteiger charge is 2.13. The summed E-state index contributed by atoms with van der Waals surface area (Å²) < 4.78 is 4.96. The summed E-state index contributed by atoms with van der Waals surface area (Å²) in [5.41, 5.74) is 2.41. The average Bonchev–Trinajstić information content (AvgIpc) is 2.65. The summed E-state index contributed by atoms with van der Waals surface area (Å²) in [5.74, 6) is -1.07. The van der Waals surface area contributed by atoms with Gasteiger partial charge in [-0.25, -0.2) is 9.78 Å². The van der Waals surface area contributed by atoms with Gasteiger partial charge in [-0.1, -0.05) is 35.3 Å². The molecule has 1 heterocycles. The number of carbonyl (C=O) groups is 2. The van der Waals surface area contributed by atoms with Crippen molar-refractivity contribution in [2.75, 3.05) is 31.1 Å². The van der Waals surface area contributed by atoms with Gasteiger partial charge in [0.25, 0.3) is 5.91 Å². The number of anilines is 1. The topological polar surface area (TPSA) is 71.5 Å². The van der Waals surface area contributed by atoms with Crippen LogP contribution in [-0.2, 0) is 9.53 Å². The third kappa shape index (κ3) is 6.41. The first-order valence-corrected chi connectivity index (χ1v) is 9.22. The van der Waals surface area contributed by atoms with E-state index in [2.05, 4.69) is 28.2 Å². The lowest BCUT2D eigenvalue weighted by Gasteiger charge is -2.23. The van der Waals surface area contributed by atoms with Gasteiger partial charge in [0.05, 0.1) is 10.6 Å². The fourth-order valence-corrected chi connectivity index (χ4v) is 2.69. The van der Waals surface area contributed by atoms with Crippen molar-refractivity contribution in [3.05, 3.63) is 57.8 Å². The molecular weight excluding hydrogens is 389 g/mol. The Bertz CT molecular complexity index is 815. The molecule has 0 aliphatic heterocycles. The van der Waals surface area contributed by atoms with Crippen molar-refractivity contribution >= 4 is 40.8 Å². The molecule has 0 spiro atoms. The number of nitrogens with one attached hydrogen (secondary N) is 1. The Balaban J connectivity index is 1.77. The number of rotatable bonds is 8. The second-order valence-electron chi connectivity index (χ2n) is 5.84. The Morgan fingerprint density at radius 1 is 1.26 bits per heavy atom. The van der Waals surface area contributed by atoms with E-state index < -0.39 is 5.97 Å². The third-order valence-electron chi connectivity index (χ3n) is 3.82. The first kappa shape index (κ1) is 21.0. The molecule has 2 aromatic rings.